The van der Waals surface area contributed by atoms with E-state index in [1.165, 1.54) is 0 Å². The molecule has 15 heterocycles. The van der Waals surface area contributed by atoms with Crippen molar-refractivity contribution in [1.29, 1.82) is 0 Å². The summed E-state index contributed by atoms with van der Waals surface area (Å²) in [6, 6.07) is 0. The zero-order valence-corrected chi connectivity index (χ0v) is 48.8. The van der Waals surface area contributed by atoms with E-state index in [4.69, 9.17) is 71.1 Å². The van der Waals surface area contributed by atoms with E-state index in [2.05, 4.69) is 13.8 Å². The Morgan fingerprint density at radius 2 is 0.939 bits per heavy atom. The highest BCUT2D eigenvalue weighted by Crippen LogP contribution is 2.54. The van der Waals surface area contributed by atoms with Gasteiger partial charge in [0.25, 0.3) is 0 Å². The maximum Gasteiger partial charge on any atom is 0.145 e. The molecule has 0 aromatic rings. The molecule has 15 rings (SSSR count). The lowest BCUT2D eigenvalue weighted by Gasteiger charge is -2.57. The third-order valence-electron chi connectivity index (χ3n) is 23.4. The second-order valence-corrected chi connectivity index (χ2v) is 29.2. The molecule has 460 valence electrons. The highest BCUT2D eigenvalue weighted by molar-refractivity contribution is 5.71. The van der Waals surface area contributed by atoms with Crippen LogP contribution < -0.4 is 0 Å². The second-order valence-electron chi connectivity index (χ2n) is 29.2. The smallest absolute Gasteiger partial charge is 0.145 e. The van der Waals surface area contributed by atoms with Crippen LogP contribution in [0.15, 0.2) is 11.6 Å². The average molecular weight is 1160 g/mol. The summed E-state index contributed by atoms with van der Waals surface area (Å²) in [5, 5.41) is 45.0. The van der Waals surface area contributed by atoms with Crippen LogP contribution in [0, 0.1) is 0 Å². The molecule has 4 N–H and O–H groups in total. The van der Waals surface area contributed by atoms with Gasteiger partial charge in [0.1, 0.15) is 23.6 Å². The van der Waals surface area contributed by atoms with Crippen molar-refractivity contribution in [3.05, 3.63) is 11.6 Å². The van der Waals surface area contributed by atoms with Gasteiger partial charge in [-0.3, -0.25) is 4.79 Å². The minimum atomic E-state index is -1.09. The third-order valence-corrected chi connectivity index (χ3v) is 23.4. The van der Waals surface area contributed by atoms with E-state index < -0.39 is 58.5 Å². The molecule has 20 heteroatoms. The number of hydrogen-bond acceptors (Lipinski definition) is 20. The number of aldehydes is 1. The minimum Gasteiger partial charge on any atom is -0.393 e. The van der Waals surface area contributed by atoms with Crippen molar-refractivity contribution in [2.24, 2.45) is 0 Å². The second kappa shape index (κ2) is 21.1. The number of rotatable bonds is 4. The normalized spacial score (nSPS) is 59.7. The van der Waals surface area contributed by atoms with Crippen molar-refractivity contribution >= 4 is 6.29 Å². The molecule has 0 bridgehead atoms. The van der Waals surface area contributed by atoms with Gasteiger partial charge in [-0.05, 0) is 92.1 Å². The molecule has 0 amide bonds. The molecule has 0 saturated carbocycles. The van der Waals surface area contributed by atoms with Crippen molar-refractivity contribution < 1.29 is 96.3 Å². The van der Waals surface area contributed by atoms with Crippen molar-refractivity contribution in [2.45, 2.75) is 362 Å². The molecular weight excluding hydrogens is 1060 g/mol. The SMILES string of the molecule is C/C(C=O)=C\C[C@H]1C[C@]2(C)O[C@@H]3C[C@@H]4O[C@@H]5C[C@@H]6O[C@]7(C)CC[C@@H]8O[C@@H]9C[C@@H]%10O[C@@H]%11C[C@@H]%12O[C@@H]%13C[C@@H]%14O[C@@H]%15CC[C@H](O)[C@@](C)(CO)O[C@@]%15(C)C[C@H]%14O[C@H]%13C[C@H]%12O[C@@]%11(C)[C@@H](O)C[C@H]%10O[C@H]9CC[C@H]8O[C@H]7C[C@H]6O[C@H]5C[C@H]4O[C@H]3[C@@H](O)C[C@H]2O1. The number of aliphatic hydroxyl groups is 4. The molecule has 15 fully saturated rings. The number of allylic oxidation sites excluding steroid dienone is 1. The highest BCUT2D eigenvalue weighted by atomic mass is 16.7. The summed E-state index contributed by atoms with van der Waals surface area (Å²) < 4.78 is 104. The zero-order valence-electron chi connectivity index (χ0n) is 48.8. The highest BCUT2D eigenvalue weighted by Gasteiger charge is 2.64. The third kappa shape index (κ3) is 9.83. The maximum atomic E-state index is 12.2. The van der Waals surface area contributed by atoms with Gasteiger partial charge in [0, 0.05) is 77.0 Å². The Kier molecular flexibility index (Phi) is 14.7. The van der Waals surface area contributed by atoms with Crippen LogP contribution in [0.25, 0.3) is 0 Å². The summed E-state index contributed by atoms with van der Waals surface area (Å²) in [6.07, 6.45) is 6.38. The number of ether oxygens (including phenoxy) is 15. The Bertz CT molecular complexity index is 2400. The number of fused-ring (bicyclic) bond motifs is 14. The Morgan fingerprint density at radius 1 is 0.439 bits per heavy atom. The molecule has 20 nitrogen and oxygen atoms in total. The molecule has 15 saturated heterocycles. The number of carbonyl (C=O) groups excluding carboxylic acids is 1. The van der Waals surface area contributed by atoms with Crippen molar-refractivity contribution in [3.63, 3.8) is 0 Å². The standard InChI is InChI=1S/C62H92O20/c1-29(27-63)7-8-30-25-59(3)54(68-30)15-31(65)57-49(80-59)21-40-42(78-57)17-36-38(71-40)19-47-45(72-36)23-55-58(2,79-47)14-13-34-32(75-55)9-10-33-35(70-34)16-41-44(69-33)22-52(67)62(6)56(77-41)24-46-48(81-62)20-39-37(73-46)18-43-50(74-39)26-60(4)53(76-43)12-11-51(66)61(5,28-64)82-60/h7,27,30-57,64-67H,8-26,28H2,1-6H3/b29-7+/t30-,31-,32+,33-,34-,35+,36-,37+,38+,39-,40-,41-,42+,43-,44+,45+,46-,47-,48+,49+,50+,51-,52-,53+,54+,55-,56+,57-,58+,59-,60-,61+,62-/m0/s1. The summed E-state index contributed by atoms with van der Waals surface area (Å²) in [5.41, 5.74) is -3.28. The minimum absolute atomic E-state index is 0.0936. The van der Waals surface area contributed by atoms with E-state index in [-0.39, 0.29) is 147 Å². The van der Waals surface area contributed by atoms with E-state index in [0.29, 0.717) is 102 Å². The summed E-state index contributed by atoms with van der Waals surface area (Å²) in [7, 11) is 0. The van der Waals surface area contributed by atoms with Crippen molar-refractivity contribution in [1.82, 2.24) is 0 Å². The molecular formula is C62H92O20. The fourth-order valence-corrected chi connectivity index (χ4v) is 18.6. The first-order valence-corrected chi connectivity index (χ1v) is 32.0. The van der Waals surface area contributed by atoms with Crippen LogP contribution >= 0.6 is 0 Å². The van der Waals surface area contributed by atoms with Crippen LogP contribution in [-0.2, 0) is 75.8 Å². The molecule has 0 aromatic heterocycles. The van der Waals surface area contributed by atoms with Crippen LogP contribution in [0.4, 0.5) is 0 Å². The lowest BCUT2D eigenvalue weighted by molar-refractivity contribution is -0.339. The quantitative estimate of drug-likeness (QED) is 0.229. The van der Waals surface area contributed by atoms with Crippen molar-refractivity contribution in [3.8, 4) is 0 Å². The van der Waals surface area contributed by atoms with Crippen LogP contribution in [0.5, 0.6) is 0 Å². The van der Waals surface area contributed by atoms with Gasteiger partial charge >= 0.3 is 0 Å². The summed E-state index contributed by atoms with van der Waals surface area (Å²) in [4.78, 5) is 11.2. The van der Waals surface area contributed by atoms with Gasteiger partial charge in [-0.2, -0.15) is 0 Å². The summed E-state index contributed by atoms with van der Waals surface area (Å²) in [6.45, 7) is 11.6. The molecule has 82 heavy (non-hydrogen) atoms. The lowest BCUT2D eigenvalue weighted by Crippen LogP contribution is -2.67. The first-order chi connectivity index (χ1) is 39.3. The number of aliphatic hydroxyl groups excluding tert-OH is 4. The van der Waals surface area contributed by atoms with E-state index in [1.54, 1.807) is 13.8 Å². The zero-order chi connectivity index (χ0) is 56.4. The van der Waals surface area contributed by atoms with Crippen LogP contribution in [-0.4, -0.2) is 232 Å². The van der Waals surface area contributed by atoms with Gasteiger partial charge < -0.3 is 91.5 Å². The predicted octanol–water partition coefficient (Wildman–Crippen LogP) is 4.08. The van der Waals surface area contributed by atoms with Crippen LogP contribution in [0.2, 0.25) is 0 Å². The maximum absolute atomic E-state index is 12.2. The molecule has 0 unspecified atom stereocenters. The molecule has 0 radical (unpaired) electrons. The number of carbonyl (C=O) groups is 1. The van der Waals surface area contributed by atoms with Crippen LogP contribution in [0.3, 0.4) is 0 Å². The molecule has 15 aliphatic rings. The van der Waals surface area contributed by atoms with E-state index in [1.807, 2.05) is 19.9 Å². The van der Waals surface area contributed by atoms with Gasteiger partial charge in [-0.15, -0.1) is 0 Å². The molecule has 15 aliphatic heterocycles. The number of hydrogen-bond donors (Lipinski definition) is 4. The van der Waals surface area contributed by atoms with E-state index >= 15 is 0 Å². The van der Waals surface area contributed by atoms with E-state index in [9.17, 15) is 25.2 Å². The Morgan fingerprint density at radius 3 is 1.63 bits per heavy atom. The lowest BCUT2D eigenvalue weighted by atomic mass is 9.78. The van der Waals surface area contributed by atoms with Gasteiger partial charge in [0.2, 0.25) is 0 Å². The molecule has 33 atom stereocenters. The Labute approximate surface area is 481 Å². The predicted molar refractivity (Wildman–Crippen MR) is 286 cm³/mol. The van der Waals surface area contributed by atoms with Crippen molar-refractivity contribution in [2.75, 3.05) is 6.61 Å². The fourth-order valence-electron chi connectivity index (χ4n) is 18.6. The summed E-state index contributed by atoms with van der Waals surface area (Å²) in [5.74, 6) is 0. The van der Waals surface area contributed by atoms with Crippen LogP contribution in [0.1, 0.15) is 164 Å². The fraction of sp³-hybridized carbons (Fsp3) is 0.952. The van der Waals surface area contributed by atoms with Gasteiger partial charge in [0.15, 0.2) is 0 Å². The molecule has 0 aliphatic carbocycles. The topological polar surface area (TPSA) is 236 Å². The first kappa shape index (κ1) is 57.1. The first-order valence-electron chi connectivity index (χ1n) is 32.0. The average Bonchev–Trinajstić information content (AvgIpc) is 3.83. The Balaban J connectivity index is 0.568. The largest absolute Gasteiger partial charge is 0.393 e. The molecule has 0 spiro atoms. The van der Waals surface area contributed by atoms with Gasteiger partial charge in [0.05, 0.1) is 188 Å². The van der Waals surface area contributed by atoms with Gasteiger partial charge in [-0.1, -0.05) is 6.08 Å². The molecule has 0 aromatic carbocycles. The monoisotopic (exact) mass is 1160 g/mol. The Hall–Kier alpha value is -1.35. The summed E-state index contributed by atoms with van der Waals surface area (Å²) >= 11 is 0. The van der Waals surface area contributed by atoms with Gasteiger partial charge in [-0.25, -0.2) is 0 Å². The van der Waals surface area contributed by atoms with E-state index in [0.717, 1.165) is 32.0 Å².